The second-order valence-electron chi connectivity index (χ2n) is 4.03. The van der Waals surface area contributed by atoms with Gasteiger partial charge in [-0.1, -0.05) is 6.92 Å². The average Bonchev–Trinajstić information content (AvgIpc) is 2.16. The van der Waals surface area contributed by atoms with Crippen LogP contribution in [-0.2, 0) is 4.74 Å². The summed E-state index contributed by atoms with van der Waals surface area (Å²) >= 11 is 0. The molecule has 0 aromatic heterocycles. The standard InChI is InChI=1S/C10H21N3O/c1-4-9-6-14-7(2)5-13(9)8(3)10(11)12/h7-9H,4-6H2,1-3H3,(H3,11,12). The molecule has 4 heteroatoms. The highest BCUT2D eigenvalue weighted by molar-refractivity contribution is 5.82. The van der Waals surface area contributed by atoms with E-state index in [1.165, 1.54) is 0 Å². The summed E-state index contributed by atoms with van der Waals surface area (Å²) < 4.78 is 5.59. The maximum Gasteiger partial charge on any atom is 0.108 e. The van der Waals surface area contributed by atoms with Gasteiger partial charge in [0, 0.05) is 12.6 Å². The van der Waals surface area contributed by atoms with Crippen LogP contribution in [0.3, 0.4) is 0 Å². The highest BCUT2D eigenvalue weighted by atomic mass is 16.5. The van der Waals surface area contributed by atoms with Crippen LogP contribution in [0.15, 0.2) is 0 Å². The molecular formula is C10H21N3O. The third kappa shape index (κ3) is 2.45. The minimum atomic E-state index is 0.0336. The van der Waals surface area contributed by atoms with Crippen molar-refractivity contribution in [1.29, 1.82) is 5.41 Å². The fraction of sp³-hybridized carbons (Fsp3) is 0.900. The summed E-state index contributed by atoms with van der Waals surface area (Å²) in [7, 11) is 0. The minimum Gasteiger partial charge on any atom is -0.386 e. The summed E-state index contributed by atoms with van der Waals surface area (Å²) in [5, 5.41) is 7.46. The molecular weight excluding hydrogens is 178 g/mol. The summed E-state index contributed by atoms with van der Waals surface area (Å²) in [5.41, 5.74) is 5.53. The molecule has 0 aromatic carbocycles. The van der Waals surface area contributed by atoms with Crippen LogP contribution in [0.4, 0.5) is 0 Å². The van der Waals surface area contributed by atoms with Gasteiger partial charge in [-0.2, -0.15) is 0 Å². The maximum absolute atomic E-state index is 7.46. The summed E-state index contributed by atoms with van der Waals surface area (Å²) in [5.74, 6) is 0.248. The van der Waals surface area contributed by atoms with Gasteiger partial charge in [-0.3, -0.25) is 10.3 Å². The molecule has 1 aliphatic heterocycles. The largest absolute Gasteiger partial charge is 0.386 e. The van der Waals surface area contributed by atoms with E-state index in [9.17, 15) is 0 Å². The topological polar surface area (TPSA) is 62.3 Å². The lowest BCUT2D eigenvalue weighted by Crippen LogP contribution is -2.55. The molecule has 1 heterocycles. The molecule has 1 rings (SSSR count). The Labute approximate surface area is 85.9 Å². The molecule has 0 radical (unpaired) electrons. The molecule has 1 saturated heterocycles. The third-order valence-corrected chi connectivity index (χ3v) is 2.93. The number of rotatable bonds is 3. The summed E-state index contributed by atoms with van der Waals surface area (Å²) in [6, 6.07) is 0.441. The third-order valence-electron chi connectivity index (χ3n) is 2.93. The molecule has 14 heavy (non-hydrogen) atoms. The molecule has 0 aromatic rings. The van der Waals surface area contributed by atoms with Gasteiger partial charge in [0.05, 0.1) is 18.8 Å². The van der Waals surface area contributed by atoms with E-state index in [4.69, 9.17) is 15.9 Å². The van der Waals surface area contributed by atoms with Crippen LogP contribution in [0.2, 0.25) is 0 Å². The summed E-state index contributed by atoms with van der Waals surface area (Å²) in [6.07, 6.45) is 1.30. The Morgan fingerprint density at radius 1 is 1.71 bits per heavy atom. The van der Waals surface area contributed by atoms with Gasteiger partial charge in [-0.05, 0) is 20.3 Å². The minimum absolute atomic E-state index is 0.0336. The van der Waals surface area contributed by atoms with Crippen molar-refractivity contribution in [2.75, 3.05) is 13.2 Å². The van der Waals surface area contributed by atoms with Crippen molar-refractivity contribution in [3.05, 3.63) is 0 Å². The lowest BCUT2D eigenvalue weighted by atomic mass is 10.1. The lowest BCUT2D eigenvalue weighted by Gasteiger charge is -2.41. The first-order valence-corrected chi connectivity index (χ1v) is 5.27. The van der Waals surface area contributed by atoms with Crippen LogP contribution in [-0.4, -0.2) is 42.1 Å². The number of nitrogens with one attached hydrogen (secondary N) is 1. The fourth-order valence-corrected chi connectivity index (χ4v) is 1.88. The normalized spacial score (nSPS) is 31.4. The Morgan fingerprint density at radius 2 is 2.36 bits per heavy atom. The van der Waals surface area contributed by atoms with Crippen molar-refractivity contribution < 1.29 is 4.74 Å². The zero-order valence-electron chi connectivity index (χ0n) is 9.29. The van der Waals surface area contributed by atoms with Gasteiger partial charge in [0.2, 0.25) is 0 Å². The molecule has 3 N–H and O–H groups in total. The number of ether oxygens (including phenoxy) is 1. The van der Waals surface area contributed by atoms with Crippen LogP contribution in [0.5, 0.6) is 0 Å². The highest BCUT2D eigenvalue weighted by Crippen LogP contribution is 2.17. The Kier molecular flexibility index (Phi) is 3.89. The summed E-state index contributed by atoms with van der Waals surface area (Å²) in [4.78, 5) is 2.27. The number of hydrogen-bond donors (Lipinski definition) is 2. The van der Waals surface area contributed by atoms with E-state index >= 15 is 0 Å². The van der Waals surface area contributed by atoms with Gasteiger partial charge < -0.3 is 10.5 Å². The van der Waals surface area contributed by atoms with Crippen molar-refractivity contribution in [3.63, 3.8) is 0 Å². The van der Waals surface area contributed by atoms with Crippen molar-refractivity contribution in [3.8, 4) is 0 Å². The van der Waals surface area contributed by atoms with E-state index < -0.39 is 0 Å². The van der Waals surface area contributed by atoms with E-state index in [0.29, 0.717) is 6.04 Å². The monoisotopic (exact) mass is 199 g/mol. The van der Waals surface area contributed by atoms with Crippen molar-refractivity contribution in [2.24, 2.45) is 5.73 Å². The Morgan fingerprint density at radius 3 is 2.86 bits per heavy atom. The molecule has 0 amide bonds. The number of nitrogens with two attached hydrogens (primary N) is 1. The van der Waals surface area contributed by atoms with Crippen LogP contribution >= 0.6 is 0 Å². The summed E-state index contributed by atoms with van der Waals surface area (Å²) in [6.45, 7) is 7.83. The van der Waals surface area contributed by atoms with Crippen molar-refractivity contribution in [1.82, 2.24) is 4.90 Å². The zero-order chi connectivity index (χ0) is 10.7. The molecule has 3 unspecified atom stereocenters. The van der Waals surface area contributed by atoms with Crippen molar-refractivity contribution in [2.45, 2.75) is 45.4 Å². The van der Waals surface area contributed by atoms with Gasteiger partial charge in [0.1, 0.15) is 5.84 Å². The number of nitrogens with zero attached hydrogens (tertiary/aromatic N) is 1. The van der Waals surface area contributed by atoms with Crippen LogP contribution in [0.1, 0.15) is 27.2 Å². The average molecular weight is 199 g/mol. The molecule has 3 atom stereocenters. The Hall–Kier alpha value is -0.610. The molecule has 1 aliphatic rings. The van der Waals surface area contributed by atoms with Gasteiger partial charge in [0.15, 0.2) is 0 Å². The molecule has 0 aliphatic carbocycles. The second-order valence-corrected chi connectivity index (χ2v) is 4.03. The predicted molar refractivity (Wildman–Crippen MR) is 57.6 cm³/mol. The van der Waals surface area contributed by atoms with E-state index in [-0.39, 0.29) is 18.0 Å². The highest BCUT2D eigenvalue weighted by Gasteiger charge is 2.30. The molecule has 0 bridgehead atoms. The Balaban J connectivity index is 2.65. The first-order chi connectivity index (χ1) is 6.56. The van der Waals surface area contributed by atoms with E-state index in [1.807, 2.05) is 6.92 Å². The van der Waals surface area contributed by atoms with E-state index in [0.717, 1.165) is 19.6 Å². The van der Waals surface area contributed by atoms with Crippen LogP contribution in [0, 0.1) is 5.41 Å². The fourth-order valence-electron chi connectivity index (χ4n) is 1.88. The van der Waals surface area contributed by atoms with Gasteiger partial charge >= 0.3 is 0 Å². The zero-order valence-corrected chi connectivity index (χ0v) is 9.29. The molecule has 0 saturated carbocycles. The maximum atomic E-state index is 7.46. The number of morpholine rings is 1. The molecule has 4 nitrogen and oxygen atoms in total. The molecule has 0 spiro atoms. The van der Waals surface area contributed by atoms with Gasteiger partial charge in [0.25, 0.3) is 0 Å². The first kappa shape index (κ1) is 11.5. The smallest absolute Gasteiger partial charge is 0.108 e. The van der Waals surface area contributed by atoms with Crippen molar-refractivity contribution >= 4 is 5.84 Å². The first-order valence-electron chi connectivity index (χ1n) is 5.27. The lowest BCUT2D eigenvalue weighted by molar-refractivity contribution is -0.0611. The van der Waals surface area contributed by atoms with Crippen LogP contribution < -0.4 is 5.73 Å². The molecule has 1 fully saturated rings. The number of hydrogen-bond acceptors (Lipinski definition) is 3. The Bertz CT molecular complexity index is 208. The van der Waals surface area contributed by atoms with Gasteiger partial charge in [-0.25, -0.2) is 0 Å². The van der Waals surface area contributed by atoms with Gasteiger partial charge in [-0.15, -0.1) is 0 Å². The predicted octanol–water partition coefficient (Wildman–Crippen LogP) is 0.810. The second kappa shape index (κ2) is 4.75. The van der Waals surface area contributed by atoms with E-state index in [2.05, 4.69) is 18.7 Å². The number of amidine groups is 1. The SMILES string of the molecule is CCC1COC(C)CN1C(C)C(=N)N. The quantitative estimate of drug-likeness (QED) is 0.522. The molecule has 82 valence electrons. The van der Waals surface area contributed by atoms with E-state index in [1.54, 1.807) is 0 Å². The van der Waals surface area contributed by atoms with Crippen LogP contribution in [0.25, 0.3) is 0 Å².